The lowest BCUT2D eigenvalue weighted by Crippen LogP contribution is -2.39. The van der Waals surface area contributed by atoms with Crippen LogP contribution in [-0.4, -0.2) is 34.4 Å². The number of hydrogen-bond donors (Lipinski definition) is 0. The van der Waals surface area contributed by atoms with Crippen molar-refractivity contribution in [3.63, 3.8) is 0 Å². The van der Waals surface area contributed by atoms with Gasteiger partial charge in [0.15, 0.2) is 0 Å². The van der Waals surface area contributed by atoms with Crippen molar-refractivity contribution < 1.29 is 4.79 Å². The van der Waals surface area contributed by atoms with Gasteiger partial charge in [-0.25, -0.2) is 0 Å². The summed E-state index contributed by atoms with van der Waals surface area (Å²) in [6, 6.07) is 0.598. The molecule has 0 aromatic carbocycles. The number of carbonyl (C=O) groups excluding carboxylic acids is 1. The van der Waals surface area contributed by atoms with E-state index in [1.807, 2.05) is 0 Å². The third-order valence-electron chi connectivity index (χ3n) is 3.38. The predicted molar refractivity (Wildman–Crippen MR) is 53.7 cm³/mol. The smallest absolute Gasteiger partial charge is 0.223 e. The number of likely N-dealkylation sites (tertiary alicyclic amines) is 1. The van der Waals surface area contributed by atoms with E-state index in [0.29, 0.717) is 11.9 Å². The molecule has 2 saturated heterocycles. The quantitative estimate of drug-likeness (QED) is 0.668. The summed E-state index contributed by atoms with van der Waals surface area (Å²) in [6.45, 7) is 1.04. The molecule has 3 heteroatoms. The van der Waals surface area contributed by atoms with Crippen molar-refractivity contribution in [1.29, 1.82) is 0 Å². The summed E-state index contributed by atoms with van der Waals surface area (Å²) in [7, 11) is 0. The van der Waals surface area contributed by atoms with Gasteiger partial charge >= 0.3 is 0 Å². The molecule has 0 aromatic heterocycles. The van der Waals surface area contributed by atoms with Gasteiger partial charge in [0.25, 0.3) is 0 Å². The predicted octanol–water partition coefficient (Wildman–Crippen LogP) is 1.50. The van der Waals surface area contributed by atoms with Gasteiger partial charge in [0, 0.05) is 30.0 Å². The second-order valence-corrected chi connectivity index (χ2v) is 5.87. The molecule has 3 rings (SSSR count). The molecule has 1 saturated carbocycles. The monoisotopic (exact) mass is 197 g/mol. The Morgan fingerprint density at radius 3 is 2.85 bits per heavy atom. The second-order valence-electron chi connectivity index (χ2n) is 4.54. The van der Waals surface area contributed by atoms with Crippen LogP contribution in [0, 0.1) is 5.92 Å². The third-order valence-corrected chi connectivity index (χ3v) is 4.77. The van der Waals surface area contributed by atoms with Gasteiger partial charge in [-0.2, -0.15) is 11.8 Å². The molecule has 2 unspecified atom stereocenters. The summed E-state index contributed by atoms with van der Waals surface area (Å²) in [6.07, 6.45) is 4.69. The molecule has 3 fully saturated rings. The highest BCUT2D eigenvalue weighted by Crippen LogP contribution is 2.39. The lowest BCUT2D eigenvalue weighted by atomic mass is 10.2. The maximum absolute atomic E-state index is 11.8. The molecule has 2 nitrogen and oxygen atoms in total. The highest BCUT2D eigenvalue weighted by Gasteiger charge is 2.41. The van der Waals surface area contributed by atoms with E-state index in [2.05, 4.69) is 16.7 Å². The largest absolute Gasteiger partial charge is 0.338 e. The van der Waals surface area contributed by atoms with Gasteiger partial charge in [0.05, 0.1) is 0 Å². The minimum atomic E-state index is 0.440. The molecule has 72 valence electrons. The molecule has 2 heterocycles. The number of rotatable bonds is 2. The van der Waals surface area contributed by atoms with Crippen molar-refractivity contribution in [3.8, 4) is 0 Å². The van der Waals surface area contributed by atoms with Gasteiger partial charge in [-0.1, -0.05) is 0 Å². The molecule has 0 N–H and O–H groups in total. The summed E-state index contributed by atoms with van der Waals surface area (Å²) < 4.78 is 0. The van der Waals surface area contributed by atoms with Crippen molar-refractivity contribution in [2.45, 2.75) is 37.0 Å². The van der Waals surface area contributed by atoms with Crippen molar-refractivity contribution in [3.05, 3.63) is 0 Å². The molecular weight excluding hydrogens is 182 g/mol. The summed E-state index contributed by atoms with van der Waals surface area (Å²) in [4.78, 5) is 14.0. The maximum Gasteiger partial charge on any atom is 0.223 e. The van der Waals surface area contributed by atoms with E-state index in [1.54, 1.807) is 0 Å². The zero-order valence-electron chi connectivity index (χ0n) is 7.74. The number of hydrogen-bond acceptors (Lipinski definition) is 2. The number of carbonyl (C=O) groups is 1. The molecule has 2 atom stereocenters. The lowest BCUT2D eigenvalue weighted by Gasteiger charge is -2.26. The van der Waals surface area contributed by atoms with E-state index in [9.17, 15) is 4.79 Å². The van der Waals surface area contributed by atoms with Crippen LogP contribution in [0.1, 0.15) is 25.7 Å². The van der Waals surface area contributed by atoms with Crippen molar-refractivity contribution >= 4 is 17.7 Å². The normalized spacial score (nSPS) is 37.1. The van der Waals surface area contributed by atoms with Crippen LogP contribution in [0.3, 0.4) is 0 Å². The Kier molecular flexibility index (Phi) is 1.82. The average Bonchev–Trinajstić information content (AvgIpc) is 2.71. The number of thioether (sulfide) groups is 1. The molecule has 3 aliphatic rings. The summed E-state index contributed by atoms with van der Waals surface area (Å²) in [5.41, 5.74) is 0. The topological polar surface area (TPSA) is 20.3 Å². The highest BCUT2D eigenvalue weighted by atomic mass is 32.2. The number of nitrogens with zero attached hydrogens (tertiary/aromatic N) is 1. The fourth-order valence-corrected chi connectivity index (χ4v) is 3.83. The van der Waals surface area contributed by atoms with Crippen LogP contribution in [0.25, 0.3) is 0 Å². The van der Waals surface area contributed by atoms with E-state index < -0.39 is 0 Å². The van der Waals surface area contributed by atoms with Gasteiger partial charge < -0.3 is 4.90 Å². The molecule has 1 amide bonds. The highest BCUT2D eigenvalue weighted by molar-refractivity contribution is 8.00. The molecule has 0 aromatic rings. The van der Waals surface area contributed by atoms with Crippen LogP contribution >= 0.6 is 11.8 Å². The zero-order chi connectivity index (χ0) is 8.84. The first kappa shape index (κ1) is 8.16. The van der Waals surface area contributed by atoms with Crippen LogP contribution in [-0.2, 0) is 4.79 Å². The molecule has 13 heavy (non-hydrogen) atoms. The zero-order valence-corrected chi connectivity index (χ0v) is 8.55. The first-order chi connectivity index (χ1) is 6.33. The van der Waals surface area contributed by atoms with Crippen molar-refractivity contribution in [2.75, 3.05) is 12.3 Å². The minimum absolute atomic E-state index is 0.440. The van der Waals surface area contributed by atoms with Crippen molar-refractivity contribution in [2.24, 2.45) is 5.92 Å². The first-order valence-corrected chi connectivity index (χ1v) is 6.29. The Bertz CT molecular complexity index is 239. The fraction of sp³-hybridized carbons (Fsp3) is 0.900. The first-order valence-electron chi connectivity index (χ1n) is 5.24. The fourth-order valence-electron chi connectivity index (χ4n) is 2.39. The molecule has 2 bridgehead atoms. The van der Waals surface area contributed by atoms with Crippen LogP contribution in [0.15, 0.2) is 0 Å². The van der Waals surface area contributed by atoms with Crippen LogP contribution in [0.5, 0.6) is 0 Å². The van der Waals surface area contributed by atoms with Gasteiger partial charge in [0.2, 0.25) is 5.91 Å². The SMILES string of the molecule is O=C(CC1CC1)N1CC2CC1CS2. The van der Waals surface area contributed by atoms with E-state index >= 15 is 0 Å². The minimum Gasteiger partial charge on any atom is -0.338 e. The molecule has 1 aliphatic carbocycles. The van der Waals surface area contributed by atoms with E-state index in [0.717, 1.165) is 24.1 Å². The Balaban J connectivity index is 1.61. The van der Waals surface area contributed by atoms with E-state index in [4.69, 9.17) is 0 Å². The molecular formula is C10H15NOS. The Morgan fingerprint density at radius 2 is 2.31 bits per heavy atom. The van der Waals surface area contributed by atoms with Crippen LogP contribution < -0.4 is 0 Å². The molecule has 2 aliphatic heterocycles. The van der Waals surface area contributed by atoms with Crippen LogP contribution in [0.2, 0.25) is 0 Å². The van der Waals surface area contributed by atoms with Crippen molar-refractivity contribution in [1.82, 2.24) is 4.90 Å². The number of amides is 1. The van der Waals surface area contributed by atoms with Crippen LogP contribution in [0.4, 0.5) is 0 Å². The number of fused-ring (bicyclic) bond motifs is 2. The van der Waals surface area contributed by atoms with Gasteiger partial charge in [-0.05, 0) is 25.2 Å². The van der Waals surface area contributed by atoms with Gasteiger partial charge in [-0.15, -0.1) is 0 Å². The van der Waals surface area contributed by atoms with Gasteiger partial charge in [-0.3, -0.25) is 4.79 Å². The van der Waals surface area contributed by atoms with Gasteiger partial charge in [0.1, 0.15) is 0 Å². The van der Waals surface area contributed by atoms with E-state index in [1.165, 1.54) is 25.0 Å². The molecule has 0 spiro atoms. The third kappa shape index (κ3) is 1.47. The Labute approximate surface area is 83.1 Å². The summed E-state index contributed by atoms with van der Waals surface area (Å²) in [5, 5.41) is 0.771. The summed E-state index contributed by atoms with van der Waals surface area (Å²) >= 11 is 2.05. The maximum atomic E-state index is 11.8. The standard InChI is InChI=1S/C10H15NOS/c12-10(3-7-1-2-7)11-5-9-4-8(11)6-13-9/h7-9H,1-6H2. The lowest BCUT2D eigenvalue weighted by molar-refractivity contribution is -0.132. The Morgan fingerprint density at radius 1 is 1.46 bits per heavy atom. The Hall–Kier alpha value is -0.180. The average molecular weight is 197 g/mol. The molecule has 0 radical (unpaired) electrons. The second kappa shape index (κ2) is 2.91. The summed E-state index contributed by atoms with van der Waals surface area (Å²) in [5.74, 6) is 2.38. The van der Waals surface area contributed by atoms with E-state index in [-0.39, 0.29) is 0 Å².